The molecule has 3 unspecified atom stereocenters. The number of carbonyl (C=O) groups is 1. The second-order valence-corrected chi connectivity index (χ2v) is 6.87. The van der Waals surface area contributed by atoms with E-state index in [0.717, 1.165) is 31.6 Å². The molecule has 0 aromatic rings. The summed E-state index contributed by atoms with van der Waals surface area (Å²) in [6.07, 6.45) is 12.2. The highest BCUT2D eigenvalue weighted by Gasteiger charge is 2.25. The molecule has 2 rings (SSSR count). The first-order valence-corrected chi connectivity index (χ1v) is 8.61. The lowest BCUT2D eigenvalue weighted by Gasteiger charge is -2.29. The predicted octanol–water partition coefficient (Wildman–Crippen LogP) is 3.81. The summed E-state index contributed by atoms with van der Waals surface area (Å²) in [4.78, 5) is 12.2. The second-order valence-electron chi connectivity index (χ2n) is 6.87. The Kier molecular flexibility index (Phi) is 6.34. The summed E-state index contributed by atoms with van der Waals surface area (Å²) in [5, 5.41) is 3.20. The molecule has 20 heavy (non-hydrogen) atoms. The zero-order valence-electron chi connectivity index (χ0n) is 13.2. The van der Waals surface area contributed by atoms with Crippen LogP contribution < -0.4 is 5.32 Å². The third-order valence-corrected chi connectivity index (χ3v) is 4.86. The van der Waals surface area contributed by atoms with Crippen LogP contribution >= 0.6 is 0 Å². The Morgan fingerprint density at radius 1 is 1.05 bits per heavy atom. The van der Waals surface area contributed by atoms with E-state index < -0.39 is 0 Å². The van der Waals surface area contributed by atoms with Crippen molar-refractivity contribution >= 4 is 5.91 Å². The van der Waals surface area contributed by atoms with Crippen LogP contribution in [-0.4, -0.2) is 24.2 Å². The maximum Gasteiger partial charge on any atom is 0.249 e. The van der Waals surface area contributed by atoms with E-state index in [1.54, 1.807) is 0 Å². The molecule has 3 heteroatoms. The Hall–Kier alpha value is -0.570. The van der Waals surface area contributed by atoms with Crippen LogP contribution in [0.5, 0.6) is 0 Å². The first-order chi connectivity index (χ1) is 9.65. The predicted molar refractivity (Wildman–Crippen MR) is 81.6 cm³/mol. The molecule has 0 aliphatic heterocycles. The van der Waals surface area contributed by atoms with Crippen molar-refractivity contribution in [3.63, 3.8) is 0 Å². The highest BCUT2D eigenvalue weighted by Crippen LogP contribution is 2.26. The Labute approximate surface area is 123 Å². The summed E-state index contributed by atoms with van der Waals surface area (Å²) in [7, 11) is 0. The van der Waals surface area contributed by atoms with Gasteiger partial charge in [0.25, 0.3) is 0 Å². The van der Waals surface area contributed by atoms with Crippen molar-refractivity contribution in [3.05, 3.63) is 0 Å². The van der Waals surface area contributed by atoms with Gasteiger partial charge in [0.15, 0.2) is 0 Å². The lowest BCUT2D eigenvalue weighted by atomic mass is 9.88. The van der Waals surface area contributed by atoms with Gasteiger partial charge >= 0.3 is 0 Å². The van der Waals surface area contributed by atoms with E-state index in [1.807, 2.05) is 6.92 Å². The Morgan fingerprint density at radius 3 is 2.40 bits per heavy atom. The van der Waals surface area contributed by atoms with Gasteiger partial charge in [-0.15, -0.1) is 0 Å². The molecule has 3 atom stereocenters. The van der Waals surface area contributed by atoms with E-state index in [4.69, 9.17) is 4.74 Å². The zero-order valence-corrected chi connectivity index (χ0v) is 13.2. The fourth-order valence-corrected chi connectivity index (χ4v) is 3.59. The third kappa shape index (κ3) is 5.08. The first kappa shape index (κ1) is 15.8. The molecule has 2 aliphatic rings. The summed E-state index contributed by atoms with van der Waals surface area (Å²) in [5.74, 6) is 0.834. The molecule has 0 radical (unpaired) electrons. The minimum absolute atomic E-state index is 0.0927. The van der Waals surface area contributed by atoms with Crippen LogP contribution in [0.4, 0.5) is 0 Å². The average Bonchev–Trinajstić information content (AvgIpc) is 2.67. The van der Waals surface area contributed by atoms with Crippen molar-refractivity contribution in [3.8, 4) is 0 Å². The van der Waals surface area contributed by atoms with Crippen molar-refractivity contribution < 1.29 is 9.53 Å². The van der Waals surface area contributed by atoms with Gasteiger partial charge in [0, 0.05) is 6.04 Å². The lowest BCUT2D eigenvalue weighted by Crippen LogP contribution is -2.42. The zero-order chi connectivity index (χ0) is 14.4. The van der Waals surface area contributed by atoms with Crippen molar-refractivity contribution in [2.24, 2.45) is 5.92 Å². The molecule has 0 bridgehead atoms. The summed E-state index contributed by atoms with van der Waals surface area (Å²) >= 11 is 0. The maximum absolute atomic E-state index is 12.2. The molecule has 0 aromatic carbocycles. The van der Waals surface area contributed by atoms with Crippen LogP contribution in [0.1, 0.15) is 78.1 Å². The topological polar surface area (TPSA) is 38.3 Å². The molecule has 116 valence electrons. The monoisotopic (exact) mass is 281 g/mol. The molecule has 0 aromatic heterocycles. The average molecular weight is 281 g/mol. The number of nitrogens with one attached hydrogen (secondary N) is 1. The van der Waals surface area contributed by atoms with E-state index in [0.29, 0.717) is 6.04 Å². The number of hydrogen-bond acceptors (Lipinski definition) is 2. The standard InChI is InChI=1S/C17H31NO2/c1-13-8-7-11-16(12-13)20-14(2)17(19)18-15-9-5-3-4-6-10-15/h13-16H,3-12H2,1-2H3,(H,18,19). The van der Waals surface area contributed by atoms with E-state index in [-0.39, 0.29) is 18.1 Å². The number of amides is 1. The number of hydrogen-bond donors (Lipinski definition) is 1. The van der Waals surface area contributed by atoms with Crippen LogP contribution in [0.15, 0.2) is 0 Å². The van der Waals surface area contributed by atoms with Crippen LogP contribution in [0, 0.1) is 5.92 Å². The minimum atomic E-state index is -0.298. The molecule has 2 aliphatic carbocycles. The van der Waals surface area contributed by atoms with Crippen LogP contribution in [0.2, 0.25) is 0 Å². The quantitative estimate of drug-likeness (QED) is 0.796. The molecule has 1 amide bonds. The van der Waals surface area contributed by atoms with Gasteiger partial charge in [0.2, 0.25) is 5.91 Å². The van der Waals surface area contributed by atoms with Gasteiger partial charge in [-0.2, -0.15) is 0 Å². The van der Waals surface area contributed by atoms with E-state index >= 15 is 0 Å². The van der Waals surface area contributed by atoms with E-state index in [1.165, 1.54) is 38.5 Å². The fourth-order valence-electron chi connectivity index (χ4n) is 3.59. The Bertz CT molecular complexity index is 297. The molecular weight excluding hydrogens is 250 g/mol. The first-order valence-electron chi connectivity index (χ1n) is 8.61. The SMILES string of the molecule is CC1CCCC(OC(C)C(=O)NC2CCCCCC2)C1. The van der Waals surface area contributed by atoms with Gasteiger partial charge in [0.1, 0.15) is 6.10 Å². The van der Waals surface area contributed by atoms with Gasteiger partial charge in [-0.25, -0.2) is 0 Å². The summed E-state index contributed by atoms with van der Waals surface area (Å²) in [6.45, 7) is 4.19. The van der Waals surface area contributed by atoms with Crippen molar-refractivity contribution in [2.75, 3.05) is 0 Å². The van der Waals surface area contributed by atoms with E-state index in [9.17, 15) is 4.79 Å². The highest BCUT2D eigenvalue weighted by atomic mass is 16.5. The molecular formula is C17H31NO2. The second kappa shape index (κ2) is 8.02. The molecule has 0 saturated heterocycles. The molecule has 2 fully saturated rings. The fraction of sp³-hybridized carbons (Fsp3) is 0.941. The number of carbonyl (C=O) groups excluding carboxylic acids is 1. The Morgan fingerprint density at radius 2 is 1.75 bits per heavy atom. The van der Waals surface area contributed by atoms with Crippen LogP contribution in [0.3, 0.4) is 0 Å². The number of rotatable bonds is 4. The van der Waals surface area contributed by atoms with Gasteiger partial charge < -0.3 is 10.1 Å². The molecule has 0 heterocycles. The summed E-state index contributed by atoms with van der Waals surface area (Å²) in [5.41, 5.74) is 0. The van der Waals surface area contributed by atoms with Crippen LogP contribution in [0.25, 0.3) is 0 Å². The van der Waals surface area contributed by atoms with Crippen molar-refractivity contribution in [1.29, 1.82) is 0 Å². The maximum atomic E-state index is 12.2. The van der Waals surface area contributed by atoms with Crippen LogP contribution in [-0.2, 0) is 9.53 Å². The molecule has 0 spiro atoms. The summed E-state index contributed by atoms with van der Waals surface area (Å²) < 4.78 is 5.98. The van der Waals surface area contributed by atoms with Gasteiger partial charge in [-0.05, 0) is 38.5 Å². The van der Waals surface area contributed by atoms with Gasteiger partial charge in [-0.1, -0.05) is 45.4 Å². The molecule has 2 saturated carbocycles. The smallest absolute Gasteiger partial charge is 0.249 e. The van der Waals surface area contributed by atoms with Gasteiger partial charge in [0.05, 0.1) is 6.10 Å². The molecule has 3 nitrogen and oxygen atoms in total. The number of ether oxygens (including phenoxy) is 1. The highest BCUT2D eigenvalue weighted by molar-refractivity contribution is 5.80. The van der Waals surface area contributed by atoms with E-state index in [2.05, 4.69) is 12.2 Å². The lowest BCUT2D eigenvalue weighted by molar-refractivity contribution is -0.138. The largest absolute Gasteiger partial charge is 0.365 e. The third-order valence-electron chi connectivity index (χ3n) is 4.86. The van der Waals surface area contributed by atoms with Crippen molar-refractivity contribution in [1.82, 2.24) is 5.32 Å². The normalized spacial score (nSPS) is 30.5. The Balaban J connectivity index is 1.73. The van der Waals surface area contributed by atoms with Gasteiger partial charge in [-0.3, -0.25) is 4.79 Å². The van der Waals surface area contributed by atoms with Crippen molar-refractivity contribution in [2.45, 2.75) is 96.3 Å². The minimum Gasteiger partial charge on any atom is -0.365 e. The summed E-state index contributed by atoms with van der Waals surface area (Å²) in [6, 6.07) is 0.376. The molecule has 1 N–H and O–H groups in total.